The highest BCUT2D eigenvalue weighted by molar-refractivity contribution is 7.90. The molecule has 0 spiro atoms. The molecule has 3 rings (SSSR count). The number of aryl methyl sites for hydroxylation is 1. The maximum Gasteiger partial charge on any atom is 0.334 e. The van der Waals surface area contributed by atoms with Crippen LogP contribution in [0.5, 0.6) is 10.8 Å². The standard InChI is InChI=1S/C16H18N4O5S2/c1-4-25-11-7-5-6-10-12(9-20(2)14(10)11)27(22,23)19-15(21)18-16-17-8-13(24-3)26-16/h5-9H,4H2,1-3H3,(H2,17,18,19,21). The lowest BCUT2D eigenvalue weighted by Gasteiger charge is -2.07. The minimum absolute atomic E-state index is 0.0200. The number of ether oxygens (including phenoxy) is 2. The minimum atomic E-state index is -4.11. The summed E-state index contributed by atoms with van der Waals surface area (Å²) in [5, 5.41) is 3.54. The highest BCUT2D eigenvalue weighted by Gasteiger charge is 2.24. The van der Waals surface area contributed by atoms with Gasteiger partial charge in [0.1, 0.15) is 10.6 Å². The van der Waals surface area contributed by atoms with E-state index in [9.17, 15) is 13.2 Å². The van der Waals surface area contributed by atoms with Crippen molar-refractivity contribution in [2.24, 2.45) is 7.05 Å². The van der Waals surface area contributed by atoms with Crippen LogP contribution in [0.2, 0.25) is 0 Å². The molecule has 27 heavy (non-hydrogen) atoms. The van der Waals surface area contributed by atoms with Crippen LogP contribution in [0.3, 0.4) is 0 Å². The van der Waals surface area contributed by atoms with Crippen LogP contribution in [-0.2, 0) is 17.1 Å². The number of fused-ring (bicyclic) bond motifs is 1. The molecule has 1 aromatic carbocycles. The van der Waals surface area contributed by atoms with E-state index in [1.54, 1.807) is 29.8 Å². The van der Waals surface area contributed by atoms with Crippen LogP contribution in [0.25, 0.3) is 10.9 Å². The molecule has 0 radical (unpaired) electrons. The lowest BCUT2D eigenvalue weighted by molar-refractivity contribution is 0.256. The molecule has 0 unspecified atom stereocenters. The molecule has 9 nitrogen and oxygen atoms in total. The van der Waals surface area contributed by atoms with Crippen molar-refractivity contribution < 1.29 is 22.7 Å². The second kappa shape index (κ2) is 7.45. The number of urea groups is 1. The monoisotopic (exact) mass is 410 g/mol. The summed E-state index contributed by atoms with van der Waals surface area (Å²) in [6, 6.07) is 4.22. The van der Waals surface area contributed by atoms with Crippen LogP contribution < -0.4 is 19.5 Å². The van der Waals surface area contributed by atoms with Gasteiger partial charge in [-0.15, -0.1) is 0 Å². The number of methoxy groups -OCH3 is 1. The largest absolute Gasteiger partial charge is 0.492 e. The molecule has 2 aromatic heterocycles. The Morgan fingerprint density at radius 2 is 2.15 bits per heavy atom. The quantitative estimate of drug-likeness (QED) is 0.646. The number of nitrogens with one attached hydrogen (secondary N) is 2. The fourth-order valence-electron chi connectivity index (χ4n) is 2.59. The SMILES string of the molecule is CCOc1cccc2c(S(=O)(=O)NC(=O)Nc3ncc(OC)s3)cn(C)c12. The third-order valence-electron chi connectivity index (χ3n) is 3.65. The fourth-order valence-corrected chi connectivity index (χ4v) is 4.38. The number of rotatable bonds is 6. The Kier molecular flexibility index (Phi) is 5.24. The minimum Gasteiger partial charge on any atom is -0.492 e. The number of para-hydroxylation sites is 1. The molecule has 2 amide bonds. The summed E-state index contributed by atoms with van der Waals surface area (Å²) in [6.45, 7) is 2.29. The van der Waals surface area contributed by atoms with E-state index >= 15 is 0 Å². The van der Waals surface area contributed by atoms with Crippen molar-refractivity contribution >= 4 is 43.4 Å². The summed E-state index contributed by atoms with van der Waals surface area (Å²) >= 11 is 1.08. The van der Waals surface area contributed by atoms with Crippen LogP contribution >= 0.6 is 11.3 Å². The second-order valence-electron chi connectivity index (χ2n) is 5.44. The molecular weight excluding hydrogens is 392 g/mol. The molecule has 0 aliphatic rings. The third-order valence-corrected chi connectivity index (χ3v) is 5.88. The van der Waals surface area contributed by atoms with Crippen LogP contribution in [0, 0.1) is 0 Å². The molecule has 0 saturated heterocycles. The van der Waals surface area contributed by atoms with Crippen LogP contribution in [0.15, 0.2) is 35.5 Å². The summed E-state index contributed by atoms with van der Waals surface area (Å²) in [4.78, 5) is 16.0. The van der Waals surface area contributed by atoms with Gasteiger partial charge in [-0.25, -0.2) is 22.9 Å². The zero-order valence-electron chi connectivity index (χ0n) is 14.8. The van der Waals surface area contributed by atoms with E-state index in [4.69, 9.17) is 9.47 Å². The topological polar surface area (TPSA) is 112 Å². The molecule has 0 aliphatic carbocycles. The smallest absolute Gasteiger partial charge is 0.334 e. The molecule has 144 valence electrons. The first-order valence-electron chi connectivity index (χ1n) is 7.90. The zero-order chi connectivity index (χ0) is 19.6. The van der Waals surface area contributed by atoms with Crippen molar-refractivity contribution in [3.63, 3.8) is 0 Å². The Morgan fingerprint density at radius 1 is 1.37 bits per heavy atom. The van der Waals surface area contributed by atoms with Crippen molar-refractivity contribution in [1.82, 2.24) is 14.3 Å². The number of carbonyl (C=O) groups excluding carboxylic acids is 1. The Labute approximate surface area is 160 Å². The highest BCUT2D eigenvalue weighted by Crippen LogP contribution is 2.32. The lowest BCUT2D eigenvalue weighted by atomic mass is 10.2. The molecule has 11 heteroatoms. The normalized spacial score (nSPS) is 11.4. The van der Waals surface area contributed by atoms with Gasteiger partial charge >= 0.3 is 6.03 Å². The maximum absolute atomic E-state index is 12.7. The van der Waals surface area contributed by atoms with Gasteiger partial charge in [0.25, 0.3) is 10.0 Å². The highest BCUT2D eigenvalue weighted by atomic mass is 32.2. The van der Waals surface area contributed by atoms with E-state index in [0.29, 0.717) is 28.3 Å². The fraction of sp³-hybridized carbons (Fsp3) is 0.250. The van der Waals surface area contributed by atoms with Crippen LogP contribution in [0.4, 0.5) is 9.93 Å². The number of hydrogen-bond donors (Lipinski definition) is 2. The molecule has 0 aliphatic heterocycles. The molecule has 0 atom stereocenters. The predicted molar refractivity (Wildman–Crippen MR) is 102 cm³/mol. The van der Waals surface area contributed by atoms with E-state index in [0.717, 1.165) is 11.3 Å². The number of amides is 2. The number of benzene rings is 1. The van der Waals surface area contributed by atoms with Crippen LogP contribution in [-0.4, -0.2) is 37.7 Å². The van der Waals surface area contributed by atoms with E-state index in [1.165, 1.54) is 19.5 Å². The summed E-state index contributed by atoms with van der Waals surface area (Å²) in [6.07, 6.45) is 2.87. The van der Waals surface area contributed by atoms with Gasteiger partial charge in [0.2, 0.25) is 0 Å². The van der Waals surface area contributed by atoms with Gasteiger partial charge in [-0.1, -0.05) is 23.5 Å². The first-order chi connectivity index (χ1) is 12.9. The summed E-state index contributed by atoms with van der Waals surface area (Å²) in [5.74, 6) is 0.568. The number of sulfonamides is 1. The maximum atomic E-state index is 12.7. The van der Waals surface area contributed by atoms with Crippen molar-refractivity contribution in [2.45, 2.75) is 11.8 Å². The van der Waals surface area contributed by atoms with Gasteiger partial charge in [0.05, 0.1) is 25.4 Å². The number of carbonyl (C=O) groups is 1. The van der Waals surface area contributed by atoms with Gasteiger partial charge in [-0.2, -0.15) is 0 Å². The van der Waals surface area contributed by atoms with Gasteiger partial charge in [-0.05, 0) is 13.0 Å². The lowest BCUT2D eigenvalue weighted by Crippen LogP contribution is -2.34. The van der Waals surface area contributed by atoms with Gasteiger partial charge in [0, 0.05) is 18.6 Å². The second-order valence-corrected chi connectivity index (χ2v) is 8.08. The third kappa shape index (κ3) is 3.83. The average Bonchev–Trinajstić information content (AvgIpc) is 3.20. The van der Waals surface area contributed by atoms with Crippen LogP contribution in [0.1, 0.15) is 6.92 Å². The van der Waals surface area contributed by atoms with E-state index < -0.39 is 16.1 Å². The molecular formula is C16H18N4O5S2. The average molecular weight is 410 g/mol. The number of hydrogen-bond acceptors (Lipinski definition) is 7. The van der Waals surface area contributed by atoms with Crippen molar-refractivity contribution in [3.8, 4) is 10.8 Å². The first-order valence-corrected chi connectivity index (χ1v) is 10.2. The molecule has 0 fully saturated rings. The molecule has 0 bridgehead atoms. The molecule has 0 saturated carbocycles. The number of aromatic nitrogens is 2. The van der Waals surface area contributed by atoms with Gasteiger partial charge in [0.15, 0.2) is 10.2 Å². The van der Waals surface area contributed by atoms with Gasteiger partial charge < -0.3 is 14.0 Å². The van der Waals surface area contributed by atoms with E-state index in [1.807, 2.05) is 11.6 Å². The first kappa shape index (κ1) is 19.0. The summed E-state index contributed by atoms with van der Waals surface area (Å²) in [7, 11) is -0.924. The summed E-state index contributed by atoms with van der Waals surface area (Å²) < 4.78 is 39.6. The number of thiazole rings is 1. The Bertz CT molecular complexity index is 1090. The number of nitrogens with zero attached hydrogens (tertiary/aromatic N) is 2. The molecule has 2 heterocycles. The Hall–Kier alpha value is -2.79. The molecule has 3 aromatic rings. The van der Waals surface area contributed by atoms with Crippen molar-refractivity contribution in [3.05, 3.63) is 30.6 Å². The number of anilines is 1. The summed E-state index contributed by atoms with van der Waals surface area (Å²) in [5.41, 5.74) is 0.629. The predicted octanol–water partition coefficient (Wildman–Crippen LogP) is 2.55. The van der Waals surface area contributed by atoms with Gasteiger partial charge in [-0.3, -0.25) is 5.32 Å². The Balaban J connectivity index is 1.88. The van der Waals surface area contributed by atoms with Crippen molar-refractivity contribution in [2.75, 3.05) is 19.0 Å². The van der Waals surface area contributed by atoms with E-state index in [2.05, 4.69) is 10.3 Å². The van der Waals surface area contributed by atoms with Crippen molar-refractivity contribution in [1.29, 1.82) is 0 Å². The molecule has 2 N–H and O–H groups in total. The Morgan fingerprint density at radius 3 is 2.81 bits per heavy atom. The van der Waals surface area contributed by atoms with E-state index in [-0.39, 0.29) is 10.0 Å². The zero-order valence-corrected chi connectivity index (χ0v) is 16.5.